The summed E-state index contributed by atoms with van der Waals surface area (Å²) in [7, 11) is 0. The van der Waals surface area contributed by atoms with E-state index < -0.39 is 0 Å². The Morgan fingerprint density at radius 1 is 1.17 bits per heavy atom. The van der Waals surface area contributed by atoms with Gasteiger partial charge in [0.05, 0.1) is 6.61 Å². The highest BCUT2D eigenvalue weighted by Gasteiger charge is 2.21. The van der Waals surface area contributed by atoms with Crippen LogP contribution in [-0.4, -0.2) is 25.6 Å². The fourth-order valence-corrected chi connectivity index (χ4v) is 3.08. The Hall–Kier alpha value is -2.49. The van der Waals surface area contributed by atoms with E-state index in [4.69, 9.17) is 4.74 Å². The highest BCUT2D eigenvalue weighted by atomic mass is 16.5. The Morgan fingerprint density at radius 2 is 1.96 bits per heavy atom. The molecule has 1 aliphatic rings. The van der Waals surface area contributed by atoms with Gasteiger partial charge in [-0.05, 0) is 55.7 Å². The highest BCUT2D eigenvalue weighted by Crippen LogP contribution is 2.27. The van der Waals surface area contributed by atoms with Crippen molar-refractivity contribution in [1.29, 1.82) is 0 Å². The number of fused-ring (bicyclic) bond motifs is 1. The van der Waals surface area contributed by atoms with Crippen molar-refractivity contribution in [3.63, 3.8) is 0 Å². The molecule has 3 rings (SSSR count). The molecule has 0 unspecified atom stereocenters. The summed E-state index contributed by atoms with van der Waals surface area (Å²) in [5.74, 6) is 1.05. The number of hydrogen-bond donors (Lipinski definition) is 1. The summed E-state index contributed by atoms with van der Waals surface area (Å²) in [5, 5.41) is 3.30. The van der Waals surface area contributed by atoms with Crippen molar-refractivity contribution in [2.24, 2.45) is 0 Å². The number of hydrogen-bond acceptors (Lipinski definition) is 3. The van der Waals surface area contributed by atoms with Gasteiger partial charge in [-0.3, -0.25) is 4.79 Å². The van der Waals surface area contributed by atoms with E-state index in [1.165, 1.54) is 5.56 Å². The van der Waals surface area contributed by atoms with E-state index in [-0.39, 0.29) is 5.91 Å². The second-order valence-corrected chi connectivity index (χ2v) is 5.91. The van der Waals surface area contributed by atoms with Crippen LogP contribution in [0, 0.1) is 0 Å². The standard InChI is InChI=1S/C20H24N2O2/c1-2-24-18-11-9-17(10-12-18)21-14-13-20(23)22-15-5-7-16-6-3-4-8-19(16)22/h3-4,6,8-12,21H,2,5,7,13-15H2,1H3. The molecule has 4 nitrogen and oxygen atoms in total. The van der Waals surface area contributed by atoms with Crippen molar-refractivity contribution in [1.82, 2.24) is 0 Å². The molecule has 4 heteroatoms. The Balaban J connectivity index is 1.53. The highest BCUT2D eigenvalue weighted by molar-refractivity contribution is 5.94. The number of amides is 1. The maximum Gasteiger partial charge on any atom is 0.228 e. The monoisotopic (exact) mass is 324 g/mol. The number of benzene rings is 2. The Kier molecular flexibility index (Phi) is 5.36. The summed E-state index contributed by atoms with van der Waals surface area (Å²) < 4.78 is 5.43. The number of carbonyl (C=O) groups excluding carboxylic acids is 1. The van der Waals surface area contributed by atoms with Crippen LogP contribution in [0.4, 0.5) is 11.4 Å². The molecule has 2 aromatic carbocycles. The number of para-hydroxylation sites is 1. The average molecular weight is 324 g/mol. The molecule has 0 fully saturated rings. The predicted molar refractivity (Wildman–Crippen MR) is 97.8 cm³/mol. The van der Waals surface area contributed by atoms with Gasteiger partial charge < -0.3 is 15.0 Å². The van der Waals surface area contributed by atoms with Crippen LogP contribution in [0.3, 0.4) is 0 Å². The minimum absolute atomic E-state index is 0.181. The molecule has 126 valence electrons. The SMILES string of the molecule is CCOc1ccc(NCCC(=O)N2CCCc3ccccc32)cc1. The molecule has 24 heavy (non-hydrogen) atoms. The number of ether oxygens (including phenoxy) is 1. The quantitative estimate of drug-likeness (QED) is 0.877. The van der Waals surface area contributed by atoms with Crippen LogP contribution in [0.25, 0.3) is 0 Å². The van der Waals surface area contributed by atoms with Gasteiger partial charge in [0.1, 0.15) is 5.75 Å². The van der Waals surface area contributed by atoms with Crippen molar-refractivity contribution < 1.29 is 9.53 Å². The third-order valence-electron chi connectivity index (χ3n) is 4.24. The van der Waals surface area contributed by atoms with E-state index in [0.717, 1.165) is 36.5 Å². The minimum Gasteiger partial charge on any atom is -0.494 e. The third kappa shape index (κ3) is 3.88. The predicted octanol–water partition coefficient (Wildman–Crippen LogP) is 3.87. The number of nitrogens with zero attached hydrogens (tertiary/aromatic N) is 1. The number of nitrogens with one attached hydrogen (secondary N) is 1. The van der Waals surface area contributed by atoms with Crippen LogP contribution in [0.1, 0.15) is 25.3 Å². The van der Waals surface area contributed by atoms with Gasteiger partial charge in [-0.1, -0.05) is 18.2 Å². The van der Waals surface area contributed by atoms with Crippen LogP contribution in [0.2, 0.25) is 0 Å². The molecule has 0 bridgehead atoms. The number of aryl methyl sites for hydroxylation is 1. The van der Waals surface area contributed by atoms with E-state index in [9.17, 15) is 4.79 Å². The summed E-state index contributed by atoms with van der Waals surface area (Å²) in [6.07, 6.45) is 2.58. The van der Waals surface area contributed by atoms with Crippen molar-refractivity contribution in [3.05, 3.63) is 54.1 Å². The summed E-state index contributed by atoms with van der Waals surface area (Å²) in [5.41, 5.74) is 3.36. The van der Waals surface area contributed by atoms with Crippen molar-refractivity contribution in [2.75, 3.05) is 29.9 Å². The van der Waals surface area contributed by atoms with Crippen LogP contribution < -0.4 is 15.0 Å². The largest absolute Gasteiger partial charge is 0.494 e. The van der Waals surface area contributed by atoms with Gasteiger partial charge in [-0.2, -0.15) is 0 Å². The maximum absolute atomic E-state index is 12.6. The van der Waals surface area contributed by atoms with Gasteiger partial charge in [0.15, 0.2) is 0 Å². The molecule has 0 aliphatic carbocycles. The summed E-state index contributed by atoms with van der Waals surface area (Å²) >= 11 is 0. The van der Waals surface area contributed by atoms with Gasteiger partial charge in [-0.25, -0.2) is 0 Å². The van der Waals surface area contributed by atoms with Gasteiger partial charge in [-0.15, -0.1) is 0 Å². The summed E-state index contributed by atoms with van der Waals surface area (Å²) in [4.78, 5) is 14.5. The molecule has 0 spiro atoms. The Bertz CT molecular complexity index is 682. The molecular formula is C20H24N2O2. The topological polar surface area (TPSA) is 41.6 Å². The number of anilines is 2. The van der Waals surface area contributed by atoms with Crippen LogP contribution in [0.15, 0.2) is 48.5 Å². The zero-order valence-electron chi connectivity index (χ0n) is 14.1. The third-order valence-corrected chi connectivity index (χ3v) is 4.24. The zero-order valence-corrected chi connectivity index (χ0v) is 14.1. The minimum atomic E-state index is 0.181. The average Bonchev–Trinajstić information content (AvgIpc) is 2.63. The normalized spacial score (nSPS) is 13.3. The molecule has 0 saturated heterocycles. The molecule has 0 aromatic heterocycles. The van der Waals surface area contributed by atoms with Crippen LogP contribution in [0.5, 0.6) is 5.75 Å². The lowest BCUT2D eigenvalue weighted by atomic mass is 10.0. The second kappa shape index (κ2) is 7.86. The van der Waals surface area contributed by atoms with Gasteiger partial charge in [0, 0.05) is 30.9 Å². The van der Waals surface area contributed by atoms with E-state index in [1.54, 1.807) is 0 Å². The lowest BCUT2D eigenvalue weighted by Gasteiger charge is -2.29. The fraction of sp³-hybridized carbons (Fsp3) is 0.350. The molecular weight excluding hydrogens is 300 g/mol. The number of carbonyl (C=O) groups is 1. The van der Waals surface area contributed by atoms with Crippen LogP contribution in [-0.2, 0) is 11.2 Å². The van der Waals surface area contributed by atoms with Crippen molar-refractivity contribution in [3.8, 4) is 5.75 Å². The molecule has 2 aromatic rings. The molecule has 1 aliphatic heterocycles. The van der Waals surface area contributed by atoms with Crippen LogP contribution >= 0.6 is 0 Å². The lowest BCUT2D eigenvalue weighted by Crippen LogP contribution is -2.36. The van der Waals surface area contributed by atoms with Gasteiger partial charge in [0.2, 0.25) is 5.91 Å². The Labute approximate surface area is 143 Å². The molecule has 1 amide bonds. The molecule has 0 atom stereocenters. The summed E-state index contributed by atoms with van der Waals surface area (Å²) in [6.45, 7) is 4.08. The fourth-order valence-electron chi connectivity index (χ4n) is 3.08. The van der Waals surface area contributed by atoms with E-state index in [1.807, 2.05) is 54.3 Å². The smallest absolute Gasteiger partial charge is 0.228 e. The lowest BCUT2D eigenvalue weighted by molar-refractivity contribution is -0.118. The Morgan fingerprint density at radius 3 is 2.75 bits per heavy atom. The van der Waals surface area contributed by atoms with E-state index in [0.29, 0.717) is 19.6 Å². The van der Waals surface area contributed by atoms with Gasteiger partial charge >= 0.3 is 0 Å². The summed E-state index contributed by atoms with van der Waals surface area (Å²) in [6, 6.07) is 16.0. The first-order valence-corrected chi connectivity index (χ1v) is 8.63. The molecule has 0 radical (unpaired) electrons. The molecule has 0 saturated carbocycles. The number of rotatable bonds is 6. The van der Waals surface area contributed by atoms with Crippen molar-refractivity contribution in [2.45, 2.75) is 26.2 Å². The first-order valence-electron chi connectivity index (χ1n) is 8.63. The first kappa shape index (κ1) is 16.4. The van der Waals surface area contributed by atoms with E-state index in [2.05, 4.69) is 11.4 Å². The second-order valence-electron chi connectivity index (χ2n) is 5.91. The van der Waals surface area contributed by atoms with Gasteiger partial charge in [0.25, 0.3) is 0 Å². The van der Waals surface area contributed by atoms with E-state index >= 15 is 0 Å². The maximum atomic E-state index is 12.6. The van der Waals surface area contributed by atoms with Crippen molar-refractivity contribution >= 4 is 17.3 Å². The zero-order chi connectivity index (χ0) is 16.8. The molecule has 1 N–H and O–H groups in total. The molecule has 1 heterocycles. The first-order chi connectivity index (χ1) is 11.8.